The Balaban J connectivity index is 3.11. The lowest BCUT2D eigenvalue weighted by molar-refractivity contribution is -0.130. The second-order valence-electron chi connectivity index (χ2n) is 3.40. The molecule has 1 rings (SSSR count). The highest BCUT2D eigenvalue weighted by atomic mass is 32.2. The number of alkyl halides is 2. The Morgan fingerprint density at radius 1 is 1.33 bits per heavy atom. The van der Waals surface area contributed by atoms with Gasteiger partial charge in [-0.05, 0) is 6.07 Å². The van der Waals surface area contributed by atoms with E-state index in [4.69, 9.17) is 0 Å². The number of halogens is 2. The summed E-state index contributed by atoms with van der Waals surface area (Å²) in [6.45, 7) is 3.83. The zero-order valence-electron chi connectivity index (χ0n) is 8.54. The highest BCUT2D eigenvalue weighted by Crippen LogP contribution is 2.35. The van der Waals surface area contributed by atoms with Crippen molar-refractivity contribution >= 4 is 18.0 Å². The predicted octanol–water partition coefficient (Wildman–Crippen LogP) is 3.48. The molecule has 0 heterocycles. The molecule has 1 nitrogen and oxygen atoms in total. The molecule has 4 heteroatoms. The summed E-state index contributed by atoms with van der Waals surface area (Å²) < 4.78 is 26.4. The first-order valence-electron chi connectivity index (χ1n) is 4.57. The lowest BCUT2D eigenvalue weighted by Gasteiger charge is -2.15. The first kappa shape index (κ1) is 12.2. The zero-order valence-corrected chi connectivity index (χ0v) is 9.35. The molecule has 15 heavy (non-hydrogen) atoms. The number of hydrogen-bond donors (Lipinski definition) is 0. The minimum absolute atomic E-state index is 0.202. The zero-order chi connectivity index (χ0) is 11.5. The van der Waals surface area contributed by atoms with Crippen molar-refractivity contribution in [3.8, 4) is 0 Å². The number of aldehydes is 1. The molecule has 0 aliphatic heterocycles. The van der Waals surface area contributed by atoms with Gasteiger partial charge in [-0.2, -0.15) is 8.78 Å². The molecule has 0 atom stereocenters. The van der Waals surface area contributed by atoms with Crippen molar-refractivity contribution < 1.29 is 13.6 Å². The van der Waals surface area contributed by atoms with Gasteiger partial charge in [-0.15, -0.1) is 11.8 Å². The van der Waals surface area contributed by atoms with Gasteiger partial charge >= 0.3 is 5.92 Å². The van der Waals surface area contributed by atoms with E-state index >= 15 is 0 Å². The van der Waals surface area contributed by atoms with Crippen LogP contribution in [0.3, 0.4) is 0 Å². The van der Waals surface area contributed by atoms with Crippen molar-refractivity contribution in [1.29, 1.82) is 0 Å². The van der Waals surface area contributed by atoms with Gasteiger partial charge in [-0.3, -0.25) is 4.79 Å². The van der Waals surface area contributed by atoms with E-state index in [2.05, 4.69) is 0 Å². The van der Waals surface area contributed by atoms with E-state index in [0.29, 0.717) is 4.90 Å². The summed E-state index contributed by atoms with van der Waals surface area (Å²) in [5.41, 5.74) is -0.210. The van der Waals surface area contributed by atoms with Gasteiger partial charge < -0.3 is 0 Å². The second-order valence-corrected chi connectivity index (χ2v) is 5.02. The van der Waals surface area contributed by atoms with Crippen LogP contribution >= 0.6 is 11.8 Å². The fourth-order valence-corrected chi connectivity index (χ4v) is 2.16. The van der Waals surface area contributed by atoms with E-state index in [1.165, 1.54) is 23.9 Å². The molecule has 0 N–H and O–H groups in total. The van der Waals surface area contributed by atoms with Crippen LogP contribution in [-0.4, -0.2) is 11.5 Å². The molecule has 0 aliphatic carbocycles. The molecule has 0 bridgehead atoms. The molecule has 0 amide bonds. The average Bonchev–Trinajstić information content (AvgIpc) is 2.17. The third-order valence-electron chi connectivity index (χ3n) is 1.76. The van der Waals surface area contributed by atoms with Crippen molar-refractivity contribution in [2.45, 2.75) is 29.9 Å². The smallest absolute Gasteiger partial charge is 0.296 e. The summed E-state index contributed by atoms with van der Waals surface area (Å²) in [6.07, 6.45) is -0.313. The maximum atomic E-state index is 13.2. The van der Waals surface area contributed by atoms with Crippen LogP contribution in [0.25, 0.3) is 0 Å². The normalized spacial score (nSPS) is 11.8. The van der Waals surface area contributed by atoms with Gasteiger partial charge in [0, 0.05) is 15.7 Å². The van der Waals surface area contributed by atoms with Gasteiger partial charge in [0.1, 0.15) is 0 Å². The summed E-state index contributed by atoms with van der Waals surface area (Å²) in [5.74, 6) is -3.39. The molecule has 1 aromatic rings. The van der Waals surface area contributed by atoms with Gasteiger partial charge in [0.15, 0.2) is 6.29 Å². The first-order valence-corrected chi connectivity index (χ1v) is 5.45. The van der Waals surface area contributed by atoms with Crippen LogP contribution in [0.15, 0.2) is 29.2 Å². The number of carbonyl (C=O) groups excluding carboxylic acids is 1. The van der Waals surface area contributed by atoms with Crippen LogP contribution < -0.4 is 0 Å². The Labute approximate surface area is 91.9 Å². The van der Waals surface area contributed by atoms with E-state index in [0.717, 1.165) is 0 Å². The minimum Gasteiger partial charge on any atom is -0.296 e. The molecule has 1 aromatic carbocycles. The molecule has 0 aliphatic rings. The Morgan fingerprint density at radius 2 is 1.93 bits per heavy atom. The standard InChI is InChI=1S/C11H12F2OS/c1-8(2)15-10-6-4-3-5-9(10)11(12,13)7-14/h3-8H,1-2H3. The van der Waals surface area contributed by atoms with Crippen molar-refractivity contribution in [3.63, 3.8) is 0 Å². The number of thioether (sulfide) groups is 1. The third kappa shape index (κ3) is 3.02. The number of rotatable bonds is 4. The van der Waals surface area contributed by atoms with E-state index < -0.39 is 5.92 Å². The SMILES string of the molecule is CC(C)Sc1ccccc1C(F)(F)C=O. The molecule has 0 fully saturated rings. The molecule has 0 radical (unpaired) electrons. The summed E-state index contributed by atoms with van der Waals surface area (Å²) in [5, 5.41) is 0.202. The number of carbonyl (C=O) groups is 1. The van der Waals surface area contributed by atoms with Crippen molar-refractivity contribution in [2.24, 2.45) is 0 Å². The Kier molecular flexibility index (Phi) is 3.85. The number of benzene rings is 1. The van der Waals surface area contributed by atoms with Gasteiger partial charge in [-0.1, -0.05) is 32.0 Å². The quantitative estimate of drug-likeness (QED) is 0.582. The molecule has 0 saturated carbocycles. The van der Waals surface area contributed by atoms with Gasteiger partial charge in [0.05, 0.1) is 0 Å². The minimum atomic E-state index is -3.39. The molecular formula is C11H12F2OS. The summed E-state index contributed by atoms with van der Waals surface area (Å²) in [7, 11) is 0. The van der Waals surface area contributed by atoms with Crippen LogP contribution in [0.4, 0.5) is 8.78 Å². The Morgan fingerprint density at radius 3 is 2.47 bits per heavy atom. The van der Waals surface area contributed by atoms with Gasteiger partial charge in [-0.25, -0.2) is 0 Å². The van der Waals surface area contributed by atoms with Crippen molar-refractivity contribution in [1.82, 2.24) is 0 Å². The Hall–Kier alpha value is -0.900. The maximum absolute atomic E-state index is 13.2. The summed E-state index contributed by atoms with van der Waals surface area (Å²) >= 11 is 1.33. The monoisotopic (exact) mass is 230 g/mol. The molecule has 0 unspecified atom stereocenters. The van der Waals surface area contributed by atoms with Gasteiger partial charge in [0.2, 0.25) is 0 Å². The highest BCUT2D eigenvalue weighted by Gasteiger charge is 2.33. The fraction of sp³-hybridized carbons (Fsp3) is 0.364. The third-order valence-corrected chi connectivity index (χ3v) is 2.84. The van der Waals surface area contributed by atoms with E-state index in [1.807, 2.05) is 13.8 Å². The fourth-order valence-electron chi connectivity index (χ4n) is 1.16. The second kappa shape index (κ2) is 4.75. The predicted molar refractivity (Wildman–Crippen MR) is 57.4 cm³/mol. The lowest BCUT2D eigenvalue weighted by Crippen LogP contribution is -2.16. The van der Waals surface area contributed by atoms with E-state index in [9.17, 15) is 13.6 Å². The van der Waals surface area contributed by atoms with Crippen molar-refractivity contribution in [2.75, 3.05) is 0 Å². The molecule has 82 valence electrons. The molecule has 0 saturated heterocycles. The maximum Gasteiger partial charge on any atom is 0.328 e. The number of hydrogen-bond acceptors (Lipinski definition) is 2. The van der Waals surface area contributed by atoms with Gasteiger partial charge in [0.25, 0.3) is 0 Å². The molecule has 0 spiro atoms. The van der Waals surface area contributed by atoms with Crippen LogP contribution in [0.5, 0.6) is 0 Å². The van der Waals surface area contributed by atoms with Crippen LogP contribution in [0.2, 0.25) is 0 Å². The summed E-state index contributed by atoms with van der Waals surface area (Å²) in [4.78, 5) is 10.8. The largest absolute Gasteiger partial charge is 0.328 e. The van der Waals surface area contributed by atoms with Crippen LogP contribution in [0, 0.1) is 0 Å². The topological polar surface area (TPSA) is 17.1 Å². The lowest BCUT2D eigenvalue weighted by atomic mass is 10.1. The van der Waals surface area contributed by atoms with E-state index in [-0.39, 0.29) is 17.1 Å². The Bertz CT molecular complexity index is 350. The van der Waals surface area contributed by atoms with Crippen molar-refractivity contribution in [3.05, 3.63) is 29.8 Å². The molecule has 0 aromatic heterocycles. The van der Waals surface area contributed by atoms with Crippen LogP contribution in [0.1, 0.15) is 19.4 Å². The highest BCUT2D eigenvalue weighted by molar-refractivity contribution is 8.00. The van der Waals surface area contributed by atoms with E-state index in [1.54, 1.807) is 12.1 Å². The van der Waals surface area contributed by atoms with Crippen LogP contribution in [-0.2, 0) is 10.7 Å². The first-order chi connectivity index (χ1) is 6.97. The summed E-state index contributed by atoms with van der Waals surface area (Å²) in [6, 6.07) is 6.10. The molecular weight excluding hydrogens is 218 g/mol. The average molecular weight is 230 g/mol.